The van der Waals surface area contributed by atoms with Gasteiger partial charge in [0.25, 0.3) is 5.91 Å². The van der Waals surface area contributed by atoms with E-state index in [2.05, 4.69) is 5.32 Å². The molecule has 0 radical (unpaired) electrons. The number of hydrogen-bond donors (Lipinski definition) is 1. The first-order valence-corrected chi connectivity index (χ1v) is 7.70. The van der Waals surface area contributed by atoms with Gasteiger partial charge in [-0.1, -0.05) is 35.9 Å². The zero-order chi connectivity index (χ0) is 17.7. The zero-order valence-electron chi connectivity index (χ0n) is 13.4. The maximum absolute atomic E-state index is 13.5. The lowest BCUT2D eigenvalue weighted by Gasteiger charge is -2.12. The molecule has 0 heterocycles. The number of anilines is 1. The molecule has 6 heteroatoms. The van der Waals surface area contributed by atoms with Gasteiger partial charge in [0.2, 0.25) is 0 Å². The second-order valence-corrected chi connectivity index (χ2v) is 5.82. The largest absolute Gasteiger partial charge is 0.455 e. The Hall–Kier alpha value is -2.40. The molecule has 0 aliphatic heterocycles. The Balaban J connectivity index is 1.90. The van der Waals surface area contributed by atoms with Gasteiger partial charge in [0.15, 0.2) is 6.61 Å². The van der Waals surface area contributed by atoms with Gasteiger partial charge in [0, 0.05) is 0 Å². The molecule has 0 atom stereocenters. The van der Waals surface area contributed by atoms with Crippen molar-refractivity contribution < 1.29 is 18.7 Å². The van der Waals surface area contributed by atoms with Crippen molar-refractivity contribution in [1.82, 2.24) is 0 Å². The number of halogens is 2. The summed E-state index contributed by atoms with van der Waals surface area (Å²) < 4.78 is 18.3. The summed E-state index contributed by atoms with van der Waals surface area (Å²) in [5.41, 5.74) is 2.50. The molecule has 24 heavy (non-hydrogen) atoms. The van der Waals surface area contributed by atoms with Gasteiger partial charge in [0.05, 0.1) is 17.1 Å². The van der Waals surface area contributed by atoms with E-state index in [1.165, 1.54) is 18.2 Å². The first-order valence-electron chi connectivity index (χ1n) is 7.32. The summed E-state index contributed by atoms with van der Waals surface area (Å²) in [5, 5.41) is 3.03. The van der Waals surface area contributed by atoms with Crippen molar-refractivity contribution in [2.45, 2.75) is 20.3 Å². The monoisotopic (exact) mass is 349 g/mol. The Kier molecular flexibility index (Phi) is 5.93. The lowest BCUT2D eigenvalue weighted by Crippen LogP contribution is -2.22. The number of carbonyl (C=O) groups excluding carboxylic acids is 2. The molecule has 2 aromatic rings. The van der Waals surface area contributed by atoms with Crippen LogP contribution in [-0.4, -0.2) is 18.5 Å². The Bertz CT molecular complexity index is 754. The molecule has 0 aromatic heterocycles. The van der Waals surface area contributed by atoms with Gasteiger partial charge < -0.3 is 10.1 Å². The molecule has 4 nitrogen and oxygen atoms in total. The fourth-order valence-electron chi connectivity index (χ4n) is 2.24. The van der Waals surface area contributed by atoms with Crippen molar-refractivity contribution in [3.63, 3.8) is 0 Å². The predicted molar refractivity (Wildman–Crippen MR) is 90.6 cm³/mol. The minimum absolute atomic E-state index is 0.223. The van der Waals surface area contributed by atoms with Crippen molar-refractivity contribution in [2.75, 3.05) is 11.9 Å². The Morgan fingerprint density at radius 1 is 1.21 bits per heavy atom. The molecular weight excluding hydrogens is 333 g/mol. The van der Waals surface area contributed by atoms with Gasteiger partial charge in [-0.15, -0.1) is 0 Å². The highest BCUT2D eigenvalue weighted by atomic mass is 35.5. The highest BCUT2D eigenvalue weighted by Crippen LogP contribution is 2.27. The van der Waals surface area contributed by atoms with Crippen LogP contribution in [0.5, 0.6) is 0 Å². The van der Waals surface area contributed by atoms with E-state index in [4.69, 9.17) is 16.3 Å². The molecule has 0 saturated heterocycles. The third kappa shape index (κ3) is 4.80. The van der Waals surface area contributed by atoms with Gasteiger partial charge in [-0.05, 0) is 42.7 Å². The van der Waals surface area contributed by atoms with Crippen LogP contribution in [-0.2, 0) is 20.7 Å². The third-order valence-corrected chi connectivity index (χ3v) is 3.65. The number of rotatable bonds is 5. The van der Waals surface area contributed by atoms with Gasteiger partial charge in [-0.2, -0.15) is 0 Å². The molecule has 0 aliphatic rings. The number of ether oxygens (including phenoxy) is 1. The first-order chi connectivity index (χ1) is 11.4. The zero-order valence-corrected chi connectivity index (χ0v) is 14.1. The van der Waals surface area contributed by atoms with E-state index >= 15 is 0 Å². The molecule has 0 spiro atoms. The average Bonchev–Trinajstić information content (AvgIpc) is 2.51. The summed E-state index contributed by atoms with van der Waals surface area (Å²) in [6.45, 7) is 3.25. The lowest BCUT2D eigenvalue weighted by molar-refractivity contribution is -0.146. The highest BCUT2D eigenvalue weighted by molar-refractivity contribution is 6.34. The molecule has 0 saturated carbocycles. The number of benzene rings is 2. The quantitative estimate of drug-likeness (QED) is 0.835. The minimum atomic E-state index is -0.679. The van der Waals surface area contributed by atoms with E-state index < -0.39 is 24.3 Å². The van der Waals surface area contributed by atoms with Crippen LogP contribution in [0, 0.1) is 19.7 Å². The SMILES string of the molecule is Cc1cc(C)c(NC(=O)COC(=O)Cc2ccccc2F)c(Cl)c1. The molecule has 1 N–H and O–H groups in total. The Labute approximate surface area is 144 Å². The molecule has 2 aromatic carbocycles. The summed E-state index contributed by atoms with van der Waals surface area (Å²) >= 11 is 6.10. The van der Waals surface area contributed by atoms with Crippen molar-refractivity contribution in [3.05, 3.63) is 63.9 Å². The minimum Gasteiger partial charge on any atom is -0.455 e. The topological polar surface area (TPSA) is 55.4 Å². The van der Waals surface area contributed by atoms with Crippen molar-refractivity contribution in [2.24, 2.45) is 0 Å². The van der Waals surface area contributed by atoms with Crippen LogP contribution < -0.4 is 5.32 Å². The van der Waals surface area contributed by atoms with Crippen molar-refractivity contribution >= 4 is 29.2 Å². The molecule has 2 rings (SSSR count). The number of carbonyl (C=O) groups is 2. The summed E-state index contributed by atoms with van der Waals surface area (Å²) in [5.74, 6) is -1.67. The van der Waals surface area contributed by atoms with E-state index in [0.29, 0.717) is 10.7 Å². The van der Waals surface area contributed by atoms with Crippen LogP contribution in [0.4, 0.5) is 10.1 Å². The standard InChI is InChI=1S/C18H17ClFNO3/c1-11-7-12(2)18(14(19)8-11)21-16(22)10-24-17(23)9-13-5-3-4-6-15(13)20/h3-8H,9-10H2,1-2H3,(H,21,22). The average molecular weight is 350 g/mol. The molecule has 0 bridgehead atoms. The molecule has 126 valence electrons. The molecule has 0 unspecified atom stereocenters. The van der Waals surface area contributed by atoms with Crippen molar-refractivity contribution in [1.29, 1.82) is 0 Å². The second kappa shape index (κ2) is 7.93. The van der Waals surface area contributed by atoms with E-state index in [1.54, 1.807) is 12.1 Å². The number of hydrogen-bond acceptors (Lipinski definition) is 3. The highest BCUT2D eigenvalue weighted by Gasteiger charge is 2.13. The normalized spacial score (nSPS) is 10.3. The fraction of sp³-hybridized carbons (Fsp3) is 0.222. The predicted octanol–water partition coefficient (Wildman–Crippen LogP) is 3.82. The van der Waals surface area contributed by atoms with E-state index in [9.17, 15) is 14.0 Å². The van der Waals surface area contributed by atoms with Crippen LogP contribution in [0.3, 0.4) is 0 Å². The first kappa shape index (κ1) is 17.9. The van der Waals surface area contributed by atoms with Gasteiger partial charge in [-0.25, -0.2) is 4.39 Å². The van der Waals surface area contributed by atoms with E-state index in [-0.39, 0.29) is 12.0 Å². The summed E-state index contributed by atoms with van der Waals surface area (Å²) in [6, 6.07) is 9.52. The maximum atomic E-state index is 13.5. The molecular formula is C18H17ClFNO3. The van der Waals surface area contributed by atoms with E-state index in [0.717, 1.165) is 11.1 Å². The Morgan fingerprint density at radius 2 is 1.92 bits per heavy atom. The van der Waals surface area contributed by atoms with Crippen LogP contribution in [0.15, 0.2) is 36.4 Å². The summed E-state index contributed by atoms with van der Waals surface area (Å²) in [7, 11) is 0. The number of esters is 1. The molecule has 0 fully saturated rings. The van der Waals surface area contributed by atoms with Crippen LogP contribution in [0.2, 0.25) is 5.02 Å². The summed E-state index contributed by atoms with van der Waals surface area (Å²) in [4.78, 5) is 23.6. The number of amides is 1. The van der Waals surface area contributed by atoms with Gasteiger partial charge in [0.1, 0.15) is 5.82 Å². The molecule has 1 amide bonds. The third-order valence-electron chi connectivity index (χ3n) is 3.35. The van der Waals surface area contributed by atoms with Crippen LogP contribution in [0.1, 0.15) is 16.7 Å². The van der Waals surface area contributed by atoms with E-state index in [1.807, 2.05) is 19.9 Å². The molecule has 0 aliphatic carbocycles. The van der Waals surface area contributed by atoms with Crippen LogP contribution in [0.25, 0.3) is 0 Å². The number of aryl methyl sites for hydroxylation is 2. The fourth-order valence-corrected chi connectivity index (χ4v) is 2.61. The van der Waals surface area contributed by atoms with Crippen molar-refractivity contribution in [3.8, 4) is 0 Å². The maximum Gasteiger partial charge on any atom is 0.310 e. The van der Waals surface area contributed by atoms with Gasteiger partial charge >= 0.3 is 5.97 Å². The Morgan fingerprint density at radius 3 is 2.58 bits per heavy atom. The smallest absolute Gasteiger partial charge is 0.310 e. The summed E-state index contributed by atoms with van der Waals surface area (Å²) in [6.07, 6.45) is -0.232. The lowest BCUT2D eigenvalue weighted by atomic mass is 10.1. The van der Waals surface area contributed by atoms with Gasteiger partial charge in [-0.3, -0.25) is 9.59 Å². The second-order valence-electron chi connectivity index (χ2n) is 5.42. The van der Waals surface area contributed by atoms with Crippen LogP contribution >= 0.6 is 11.6 Å². The number of nitrogens with one attached hydrogen (secondary N) is 1.